The fraction of sp³-hybridized carbons (Fsp3) is 0.312. The molecule has 438 valence electrons. The maximum absolute atomic E-state index is 15.2. The fourth-order valence-corrected chi connectivity index (χ4v) is 17.2. The van der Waals surface area contributed by atoms with Gasteiger partial charge in [-0.3, -0.25) is 23.5 Å². The predicted molar refractivity (Wildman–Crippen MR) is 322 cm³/mol. The van der Waals surface area contributed by atoms with E-state index >= 15 is 4.57 Å². The average Bonchev–Trinajstić information content (AvgIpc) is 2.93. The summed E-state index contributed by atoms with van der Waals surface area (Å²) in [4.78, 5) is 46.9. The number of rotatable bonds is 22. The first-order valence-electron chi connectivity index (χ1n) is 27.8. The lowest BCUT2D eigenvalue weighted by Gasteiger charge is -2.45. The molecule has 8 aromatic rings. The van der Waals surface area contributed by atoms with Gasteiger partial charge in [0.1, 0.15) is 53.6 Å². The lowest BCUT2D eigenvalue weighted by Crippen LogP contribution is -2.69. The zero-order chi connectivity index (χ0) is 59.2. The quantitative estimate of drug-likeness (QED) is 0.0330. The molecule has 2 fully saturated rings. The Labute approximate surface area is 488 Å². The van der Waals surface area contributed by atoms with E-state index in [1.165, 1.54) is 28.2 Å². The van der Waals surface area contributed by atoms with Crippen LogP contribution in [0, 0.1) is 6.92 Å². The minimum atomic E-state index is -4.23. The number of ether oxygens (including phenoxy) is 5. The molecule has 2 aliphatic heterocycles. The first-order valence-corrected chi connectivity index (χ1v) is 31.7. The highest BCUT2D eigenvalue weighted by Gasteiger charge is 2.57. The van der Waals surface area contributed by atoms with Gasteiger partial charge in [0.15, 0.2) is 6.23 Å². The fourth-order valence-electron chi connectivity index (χ4n) is 11.3. The van der Waals surface area contributed by atoms with Gasteiger partial charge < -0.3 is 47.6 Å². The van der Waals surface area contributed by atoms with Crippen LogP contribution in [0.3, 0.4) is 0 Å². The molecular weight excluding hydrogens is 1110 g/mol. The number of anilines is 1. The zero-order valence-corrected chi connectivity index (χ0v) is 49.8. The van der Waals surface area contributed by atoms with Crippen LogP contribution in [-0.2, 0) is 44.4 Å². The number of H-pyrrole nitrogens is 1. The van der Waals surface area contributed by atoms with Crippen molar-refractivity contribution in [1.29, 1.82) is 0 Å². The normalized spacial score (nSPS) is 20.7. The number of nitrogens with one attached hydrogen (secondary N) is 2. The second kappa shape index (κ2) is 25.3. The standard InChI is InChI=1S/C64H70N5O13PSi/c1-43-40-69(62(73)67-59(43)71)56-38-52(53(79-56)41-77-64(45-22-14-9-15-23-45,46-28-32-48(75-5)33-29-46)47-30-34-49(76-6)35-31-47)81-83(7,74)78-42-54-58(82-84(63(2,3)4,50-24-16-10-17-25-50)51-26-18-11-19-27-51)57(70)60(80-54)68-37-36-55(66-61(68)72)65-39-44-20-12-8-13-21-44/h8-37,40,52-54,56-58,60,70H,38-39,41-42H2,1-7H3,(H,65,66,72)(H,67,71,73)/t52-,53+,54+,56+,57+,58+,60+,83?/m0/s1. The van der Waals surface area contributed by atoms with E-state index in [1.54, 1.807) is 27.2 Å². The third-order valence-electron chi connectivity index (χ3n) is 15.5. The molecule has 0 amide bonds. The number of aliphatic hydroxyl groups is 1. The molecule has 2 aliphatic rings. The van der Waals surface area contributed by atoms with E-state index in [4.69, 9.17) is 37.2 Å². The van der Waals surface area contributed by atoms with Gasteiger partial charge in [0, 0.05) is 37.6 Å². The Balaban J connectivity index is 0.990. The Morgan fingerprint density at radius 1 is 0.714 bits per heavy atom. The summed E-state index contributed by atoms with van der Waals surface area (Å²) in [5, 5.41) is 17.2. The van der Waals surface area contributed by atoms with Crippen molar-refractivity contribution in [3.8, 4) is 11.5 Å². The number of nitrogens with zero attached hydrogens (tertiary/aromatic N) is 3. The van der Waals surface area contributed by atoms with Crippen molar-refractivity contribution >= 4 is 32.1 Å². The molecule has 2 saturated heterocycles. The van der Waals surface area contributed by atoms with Gasteiger partial charge in [0.2, 0.25) is 0 Å². The molecule has 20 heteroatoms. The Kier molecular flexibility index (Phi) is 18.0. The van der Waals surface area contributed by atoms with Crippen LogP contribution in [0.5, 0.6) is 11.5 Å². The number of aromatic nitrogens is 4. The van der Waals surface area contributed by atoms with Crippen LogP contribution in [0.2, 0.25) is 5.04 Å². The third-order valence-corrected chi connectivity index (χ3v) is 21.8. The van der Waals surface area contributed by atoms with Crippen molar-refractivity contribution in [3.05, 3.63) is 247 Å². The van der Waals surface area contributed by atoms with E-state index in [0.29, 0.717) is 23.9 Å². The Morgan fingerprint density at radius 2 is 1.26 bits per heavy atom. The molecule has 2 aromatic heterocycles. The molecule has 0 radical (unpaired) electrons. The Morgan fingerprint density at radius 3 is 1.81 bits per heavy atom. The minimum Gasteiger partial charge on any atom is -0.497 e. The number of hydrogen-bond acceptors (Lipinski definition) is 15. The van der Waals surface area contributed by atoms with Crippen LogP contribution >= 0.6 is 7.60 Å². The maximum Gasteiger partial charge on any atom is 0.351 e. The average molecular weight is 1180 g/mol. The monoisotopic (exact) mass is 1180 g/mol. The summed E-state index contributed by atoms with van der Waals surface area (Å²) in [5.41, 5.74) is 0.242. The molecular formula is C64H70N5O13PSi. The topological polar surface area (TPSA) is 213 Å². The molecule has 4 heterocycles. The summed E-state index contributed by atoms with van der Waals surface area (Å²) >= 11 is 0. The Bertz CT molecular complexity index is 3630. The van der Waals surface area contributed by atoms with Gasteiger partial charge in [0.25, 0.3) is 13.9 Å². The molecule has 3 N–H and O–H groups in total. The van der Waals surface area contributed by atoms with Crippen molar-refractivity contribution in [2.24, 2.45) is 0 Å². The van der Waals surface area contributed by atoms with Crippen molar-refractivity contribution in [1.82, 2.24) is 19.1 Å². The molecule has 6 aromatic carbocycles. The van der Waals surface area contributed by atoms with Gasteiger partial charge in [-0.2, -0.15) is 4.98 Å². The highest BCUT2D eigenvalue weighted by atomic mass is 31.2. The highest BCUT2D eigenvalue weighted by molar-refractivity contribution is 7.53. The van der Waals surface area contributed by atoms with Crippen LogP contribution in [0.4, 0.5) is 5.82 Å². The largest absolute Gasteiger partial charge is 0.497 e. The van der Waals surface area contributed by atoms with Crippen molar-refractivity contribution in [2.45, 2.75) is 94.3 Å². The van der Waals surface area contributed by atoms with Crippen LogP contribution in [0.25, 0.3) is 0 Å². The second-order valence-corrected chi connectivity index (χ2v) is 28.3. The molecule has 0 bridgehead atoms. The molecule has 84 heavy (non-hydrogen) atoms. The summed E-state index contributed by atoms with van der Waals surface area (Å²) in [6, 6.07) is 55.8. The van der Waals surface area contributed by atoms with Gasteiger partial charge in [-0.25, -0.2) is 9.59 Å². The van der Waals surface area contributed by atoms with E-state index in [2.05, 4.69) is 36.1 Å². The van der Waals surface area contributed by atoms with E-state index in [0.717, 1.165) is 32.6 Å². The number of aliphatic hydroxyl groups excluding tert-OH is 1. The van der Waals surface area contributed by atoms with Gasteiger partial charge in [-0.1, -0.05) is 166 Å². The van der Waals surface area contributed by atoms with Crippen LogP contribution < -0.4 is 42.1 Å². The first kappa shape index (κ1) is 59.6. The zero-order valence-electron chi connectivity index (χ0n) is 47.9. The molecule has 18 nitrogen and oxygen atoms in total. The molecule has 0 spiro atoms. The van der Waals surface area contributed by atoms with E-state index in [1.807, 2.05) is 170 Å². The lowest BCUT2D eigenvalue weighted by molar-refractivity contribution is -0.0933. The number of methoxy groups -OCH3 is 2. The maximum atomic E-state index is 15.2. The summed E-state index contributed by atoms with van der Waals surface area (Å²) in [7, 11) is -4.51. The number of aryl methyl sites for hydroxylation is 1. The van der Waals surface area contributed by atoms with Crippen molar-refractivity contribution < 1.29 is 46.8 Å². The smallest absolute Gasteiger partial charge is 0.351 e. The van der Waals surface area contributed by atoms with E-state index < -0.39 is 93.1 Å². The molecule has 8 atom stereocenters. The lowest BCUT2D eigenvalue weighted by atomic mass is 9.80. The molecule has 10 rings (SSSR count). The van der Waals surface area contributed by atoms with Crippen LogP contribution in [0.1, 0.15) is 67.5 Å². The van der Waals surface area contributed by atoms with Gasteiger partial charge in [0.05, 0.1) is 33.5 Å². The number of hydrogen-bond donors (Lipinski definition) is 3. The van der Waals surface area contributed by atoms with E-state index in [-0.39, 0.29) is 18.6 Å². The van der Waals surface area contributed by atoms with E-state index in [9.17, 15) is 19.5 Å². The summed E-state index contributed by atoms with van der Waals surface area (Å²) < 4.78 is 70.1. The summed E-state index contributed by atoms with van der Waals surface area (Å²) in [5.74, 6) is 1.59. The predicted octanol–water partition coefficient (Wildman–Crippen LogP) is 8.46. The second-order valence-electron chi connectivity index (χ2n) is 22.0. The molecule has 0 aliphatic carbocycles. The highest BCUT2D eigenvalue weighted by Crippen LogP contribution is 2.51. The molecule has 1 unspecified atom stereocenters. The van der Waals surface area contributed by atoms with Gasteiger partial charge >= 0.3 is 19.0 Å². The third kappa shape index (κ3) is 12.5. The summed E-state index contributed by atoms with van der Waals surface area (Å²) in [6.07, 6.45) is -5.34. The van der Waals surface area contributed by atoms with Gasteiger partial charge in [-0.15, -0.1) is 0 Å². The number of aromatic amines is 1. The SMILES string of the molecule is COc1ccc(C(OC[C@H]2O[C@@H](n3cc(C)c(=O)[nH]c3=O)C[C@@H]2OP(C)(=O)OC[C@H]2O[C@@H](n3ccc(NCc4ccccc4)nc3=O)[C@H](O)[C@@H]2O[Si](c2ccccc2)(c2ccccc2)C(C)(C)C)(c2ccccc2)c2ccc(OC)cc2)cc1. The summed E-state index contributed by atoms with van der Waals surface area (Å²) in [6.45, 7) is 9.00. The molecule has 0 saturated carbocycles. The van der Waals surface area contributed by atoms with Gasteiger partial charge in [-0.05, 0) is 74.9 Å². The number of benzene rings is 6. The van der Waals surface area contributed by atoms with Crippen molar-refractivity contribution in [2.75, 3.05) is 39.4 Å². The minimum absolute atomic E-state index is 0.0313. The van der Waals surface area contributed by atoms with Crippen LogP contribution in [-0.4, -0.2) is 97.1 Å². The Hall–Kier alpha value is -7.55. The first-order chi connectivity index (χ1) is 40.4. The van der Waals surface area contributed by atoms with Crippen molar-refractivity contribution in [3.63, 3.8) is 0 Å². The van der Waals surface area contributed by atoms with Crippen LogP contribution in [0.15, 0.2) is 203 Å².